The molecule has 0 fully saturated rings. The number of nitrogen functional groups attached to an aromatic ring is 2. The molecule has 0 saturated carbocycles. The summed E-state index contributed by atoms with van der Waals surface area (Å²) in [6.07, 6.45) is 1.72. The largest absolute Gasteiger partial charge is 0.398 e. The first-order valence-electron chi connectivity index (χ1n) is 6.28. The third kappa shape index (κ3) is 2.19. The van der Waals surface area contributed by atoms with E-state index < -0.39 is 0 Å². The van der Waals surface area contributed by atoms with E-state index in [4.69, 9.17) is 11.5 Å². The van der Waals surface area contributed by atoms with Crippen molar-refractivity contribution in [1.82, 2.24) is 9.97 Å². The van der Waals surface area contributed by atoms with Crippen molar-refractivity contribution in [2.24, 2.45) is 0 Å². The number of hydrogen-bond acceptors (Lipinski definition) is 4. The summed E-state index contributed by atoms with van der Waals surface area (Å²) in [5.41, 5.74) is 15.7. The first-order valence-corrected chi connectivity index (χ1v) is 6.28. The summed E-state index contributed by atoms with van der Waals surface area (Å²) < 4.78 is 0. The van der Waals surface area contributed by atoms with Crippen LogP contribution in [0.3, 0.4) is 0 Å². The maximum absolute atomic E-state index is 5.98. The second-order valence-corrected chi connectivity index (χ2v) is 4.44. The summed E-state index contributed by atoms with van der Waals surface area (Å²) in [6, 6.07) is 17.2. The second-order valence-electron chi connectivity index (χ2n) is 4.44. The lowest BCUT2D eigenvalue weighted by molar-refractivity contribution is 1.18. The highest BCUT2D eigenvalue weighted by Crippen LogP contribution is 2.29. The van der Waals surface area contributed by atoms with Gasteiger partial charge in [0.2, 0.25) is 0 Å². The molecule has 0 aliphatic rings. The van der Waals surface area contributed by atoms with Gasteiger partial charge in [-0.25, -0.2) is 9.97 Å². The highest BCUT2D eigenvalue weighted by atomic mass is 14.9. The van der Waals surface area contributed by atoms with E-state index in [0.29, 0.717) is 22.8 Å². The van der Waals surface area contributed by atoms with Crippen LogP contribution in [0, 0.1) is 0 Å². The van der Waals surface area contributed by atoms with Crippen molar-refractivity contribution in [1.29, 1.82) is 0 Å². The standard InChI is InChI=1S/C16H14N4/c17-12-7-4-8-13(18)15(12)16-19-10-9-14(20-16)11-5-2-1-3-6-11/h1-10H,17-18H2. The molecule has 4 nitrogen and oxygen atoms in total. The van der Waals surface area contributed by atoms with Gasteiger partial charge in [-0.05, 0) is 18.2 Å². The number of aromatic nitrogens is 2. The predicted octanol–water partition coefficient (Wildman–Crippen LogP) is 2.98. The Labute approximate surface area is 117 Å². The number of hydrogen-bond donors (Lipinski definition) is 2. The van der Waals surface area contributed by atoms with Crippen LogP contribution in [0.1, 0.15) is 0 Å². The molecular weight excluding hydrogens is 248 g/mol. The van der Waals surface area contributed by atoms with Gasteiger partial charge in [0, 0.05) is 23.1 Å². The molecule has 0 unspecified atom stereocenters. The first-order chi connectivity index (χ1) is 9.75. The zero-order valence-electron chi connectivity index (χ0n) is 10.8. The topological polar surface area (TPSA) is 77.8 Å². The number of rotatable bonds is 2. The van der Waals surface area contributed by atoms with Crippen LogP contribution in [-0.4, -0.2) is 9.97 Å². The summed E-state index contributed by atoms with van der Waals surface area (Å²) in [5.74, 6) is 0.543. The quantitative estimate of drug-likeness (QED) is 0.696. The van der Waals surface area contributed by atoms with Crippen molar-refractivity contribution in [3.63, 3.8) is 0 Å². The van der Waals surface area contributed by atoms with Gasteiger partial charge < -0.3 is 11.5 Å². The van der Waals surface area contributed by atoms with E-state index in [1.165, 1.54) is 0 Å². The van der Waals surface area contributed by atoms with Crippen LogP contribution in [0.25, 0.3) is 22.6 Å². The van der Waals surface area contributed by atoms with Crippen molar-refractivity contribution in [3.05, 3.63) is 60.8 Å². The van der Waals surface area contributed by atoms with Crippen molar-refractivity contribution in [3.8, 4) is 22.6 Å². The van der Waals surface area contributed by atoms with Gasteiger partial charge >= 0.3 is 0 Å². The normalized spacial score (nSPS) is 10.4. The third-order valence-corrected chi connectivity index (χ3v) is 3.08. The fraction of sp³-hybridized carbons (Fsp3) is 0. The lowest BCUT2D eigenvalue weighted by Crippen LogP contribution is -2.00. The summed E-state index contributed by atoms with van der Waals surface area (Å²) in [5, 5.41) is 0. The van der Waals surface area contributed by atoms with Gasteiger partial charge in [0.05, 0.1) is 11.3 Å². The van der Waals surface area contributed by atoms with E-state index in [2.05, 4.69) is 9.97 Å². The Morgan fingerprint density at radius 1 is 0.750 bits per heavy atom. The Morgan fingerprint density at radius 3 is 2.15 bits per heavy atom. The molecule has 20 heavy (non-hydrogen) atoms. The molecule has 0 saturated heterocycles. The summed E-state index contributed by atoms with van der Waals surface area (Å²) in [7, 11) is 0. The molecule has 0 spiro atoms. The average Bonchev–Trinajstić information content (AvgIpc) is 2.48. The lowest BCUT2D eigenvalue weighted by atomic mass is 10.1. The Bertz CT molecular complexity index is 718. The molecule has 0 bridgehead atoms. The summed E-state index contributed by atoms with van der Waals surface area (Å²) in [6.45, 7) is 0. The highest BCUT2D eigenvalue weighted by molar-refractivity contribution is 5.83. The smallest absolute Gasteiger partial charge is 0.163 e. The molecule has 0 amide bonds. The van der Waals surface area contributed by atoms with Gasteiger partial charge in [-0.2, -0.15) is 0 Å². The van der Waals surface area contributed by atoms with Crippen molar-refractivity contribution >= 4 is 11.4 Å². The molecule has 2 aromatic carbocycles. The Kier molecular flexibility index (Phi) is 3.05. The van der Waals surface area contributed by atoms with Gasteiger partial charge in [-0.3, -0.25) is 0 Å². The van der Waals surface area contributed by atoms with E-state index in [1.54, 1.807) is 18.3 Å². The Hall–Kier alpha value is -2.88. The molecule has 4 N–H and O–H groups in total. The van der Waals surface area contributed by atoms with Crippen LogP contribution < -0.4 is 11.5 Å². The van der Waals surface area contributed by atoms with Gasteiger partial charge in [0.1, 0.15) is 0 Å². The van der Waals surface area contributed by atoms with E-state index >= 15 is 0 Å². The van der Waals surface area contributed by atoms with E-state index in [0.717, 1.165) is 11.3 Å². The predicted molar refractivity (Wildman–Crippen MR) is 81.7 cm³/mol. The monoisotopic (exact) mass is 262 g/mol. The molecule has 1 heterocycles. The fourth-order valence-corrected chi connectivity index (χ4v) is 2.10. The summed E-state index contributed by atoms with van der Waals surface area (Å²) >= 11 is 0. The molecule has 3 aromatic rings. The third-order valence-electron chi connectivity index (χ3n) is 3.08. The van der Waals surface area contributed by atoms with Crippen LogP contribution in [-0.2, 0) is 0 Å². The minimum absolute atomic E-state index is 0.543. The number of anilines is 2. The molecule has 1 aromatic heterocycles. The molecule has 98 valence electrons. The van der Waals surface area contributed by atoms with Crippen LogP contribution >= 0.6 is 0 Å². The van der Waals surface area contributed by atoms with Crippen LogP contribution in [0.4, 0.5) is 11.4 Å². The van der Waals surface area contributed by atoms with Crippen molar-refractivity contribution in [2.45, 2.75) is 0 Å². The van der Waals surface area contributed by atoms with E-state index in [-0.39, 0.29) is 0 Å². The van der Waals surface area contributed by atoms with Crippen LogP contribution in [0.5, 0.6) is 0 Å². The molecule has 4 heteroatoms. The molecular formula is C16H14N4. The molecule has 0 aliphatic carbocycles. The number of benzene rings is 2. The van der Waals surface area contributed by atoms with Gasteiger partial charge in [-0.1, -0.05) is 36.4 Å². The maximum atomic E-state index is 5.98. The Morgan fingerprint density at radius 2 is 1.45 bits per heavy atom. The van der Waals surface area contributed by atoms with Gasteiger partial charge in [-0.15, -0.1) is 0 Å². The minimum Gasteiger partial charge on any atom is -0.398 e. The van der Waals surface area contributed by atoms with Crippen LogP contribution in [0.2, 0.25) is 0 Å². The van der Waals surface area contributed by atoms with Gasteiger partial charge in [0.15, 0.2) is 5.82 Å². The summed E-state index contributed by atoms with van der Waals surface area (Å²) in [4.78, 5) is 8.85. The zero-order valence-corrected chi connectivity index (χ0v) is 10.8. The van der Waals surface area contributed by atoms with Gasteiger partial charge in [0.25, 0.3) is 0 Å². The SMILES string of the molecule is Nc1cccc(N)c1-c1nccc(-c2ccccc2)n1. The molecule has 0 aliphatic heterocycles. The molecule has 0 atom stereocenters. The van der Waals surface area contributed by atoms with E-state index in [1.807, 2.05) is 42.5 Å². The van der Waals surface area contributed by atoms with Crippen LogP contribution in [0.15, 0.2) is 60.8 Å². The van der Waals surface area contributed by atoms with Crippen molar-refractivity contribution < 1.29 is 0 Å². The maximum Gasteiger partial charge on any atom is 0.163 e. The molecule has 0 radical (unpaired) electrons. The number of nitrogens with zero attached hydrogens (tertiary/aromatic N) is 2. The van der Waals surface area contributed by atoms with E-state index in [9.17, 15) is 0 Å². The Balaban J connectivity index is 2.13. The fourth-order valence-electron chi connectivity index (χ4n) is 2.10. The minimum atomic E-state index is 0.543. The average molecular weight is 262 g/mol. The zero-order chi connectivity index (χ0) is 13.9. The highest BCUT2D eigenvalue weighted by Gasteiger charge is 2.10. The van der Waals surface area contributed by atoms with Crippen molar-refractivity contribution in [2.75, 3.05) is 11.5 Å². The number of nitrogens with two attached hydrogens (primary N) is 2. The first kappa shape index (κ1) is 12.2. The molecule has 3 rings (SSSR count). The second kappa shape index (κ2) is 5.01. The lowest BCUT2D eigenvalue weighted by Gasteiger charge is -2.09.